The Bertz CT molecular complexity index is 243. The Morgan fingerprint density at radius 1 is 1.06 bits per heavy atom. The van der Waals surface area contributed by atoms with Crippen LogP contribution in [0.2, 0.25) is 0 Å². The molecule has 0 amide bonds. The van der Waals surface area contributed by atoms with Crippen molar-refractivity contribution in [1.82, 2.24) is 5.32 Å². The summed E-state index contributed by atoms with van der Waals surface area (Å²) in [6.45, 7) is 0. The number of carbonyl (C=O) groups excluding carboxylic acids is 1. The molecule has 1 N–H and O–H groups in total. The molecule has 3 nitrogen and oxygen atoms in total. The minimum atomic E-state index is -0.0606. The SMILES string of the molecule is COC(=O)C(NC1CCCCCCC1)C1CC1. The lowest BCUT2D eigenvalue weighted by Gasteiger charge is -2.25. The highest BCUT2D eigenvalue weighted by molar-refractivity contribution is 5.76. The number of methoxy groups -OCH3 is 1. The Kier molecular flexibility index (Phi) is 4.84. The van der Waals surface area contributed by atoms with Crippen molar-refractivity contribution in [3.63, 3.8) is 0 Å². The molecule has 98 valence electrons. The van der Waals surface area contributed by atoms with Crippen molar-refractivity contribution < 1.29 is 9.53 Å². The van der Waals surface area contributed by atoms with Crippen LogP contribution in [0.15, 0.2) is 0 Å². The molecule has 0 bridgehead atoms. The highest BCUT2D eigenvalue weighted by atomic mass is 16.5. The van der Waals surface area contributed by atoms with Gasteiger partial charge in [-0.05, 0) is 31.6 Å². The van der Waals surface area contributed by atoms with E-state index < -0.39 is 0 Å². The zero-order valence-corrected chi connectivity index (χ0v) is 10.9. The Morgan fingerprint density at radius 2 is 1.65 bits per heavy atom. The van der Waals surface area contributed by atoms with Crippen LogP contribution in [0.3, 0.4) is 0 Å². The van der Waals surface area contributed by atoms with E-state index in [9.17, 15) is 4.79 Å². The van der Waals surface area contributed by atoms with E-state index in [1.807, 2.05) is 0 Å². The Labute approximate surface area is 104 Å². The van der Waals surface area contributed by atoms with E-state index in [2.05, 4.69) is 5.32 Å². The second-order valence-corrected chi connectivity index (χ2v) is 5.55. The van der Waals surface area contributed by atoms with E-state index in [1.165, 1.54) is 64.9 Å². The predicted molar refractivity (Wildman–Crippen MR) is 67.8 cm³/mol. The zero-order chi connectivity index (χ0) is 12.1. The number of hydrogen-bond donors (Lipinski definition) is 1. The molecule has 0 spiro atoms. The third-order valence-corrected chi connectivity index (χ3v) is 4.07. The van der Waals surface area contributed by atoms with Gasteiger partial charge in [0, 0.05) is 6.04 Å². The fraction of sp³-hybridized carbons (Fsp3) is 0.929. The molecule has 2 rings (SSSR count). The molecule has 1 atom stereocenters. The molecule has 0 radical (unpaired) electrons. The summed E-state index contributed by atoms with van der Waals surface area (Å²) in [5, 5.41) is 3.56. The highest BCUT2D eigenvalue weighted by Gasteiger charge is 2.37. The van der Waals surface area contributed by atoms with Crippen LogP contribution < -0.4 is 5.32 Å². The van der Waals surface area contributed by atoms with Gasteiger partial charge in [0.05, 0.1) is 7.11 Å². The maximum Gasteiger partial charge on any atom is 0.323 e. The molecule has 0 saturated heterocycles. The summed E-state index contributed by atoms with van der Waals surface area (Å²) in [7, 11) is 1.50. The van der Waals surface area contributed by atoms with Crippen LogP contribution in [0.1, 0.15) is 57.8 Å². The van der Waals surface area contributed by atoms with Gasteiger partial charge in [0.15, 0.2) is 0 Å². The summed E-state index contributed by atoms with van der Waals surface area (Å²) in [6.07, 6.45) is 11.5. The van der Waals surface area contributed by atoms with Crippen LogP contribution in [0, 0.1) is 5.92 Å². The Morgan fingerprint density at radius 3 is 2.18 bits per heavy atom. The third-order valence-electron chi connectivity index (χ3n) is 4.07. The zero-order valence-electron chi connectivity index (χ0n) is 10.9. The molecule has 2 saturated carbocycles. The van der Waals surface area contributed by atoms with Crippen LogP contribution in [-0.2, 0) is 9.53 Å². The van der Waals surface area contributed by atoms with Gasteiger partial charge in [-0.3, -0.25) is 4.79 Å². The number of carbonyl (C=O) groups is 1. The lowest BCUT2D eigenvalue weighted by atomic mass is 9.95. The summed E-state index contributed by atoms with van der Waals surface area (Å²) >= 11 is 0. The third kappa shape index (κ3) is 3.98. The van der Waals surface area contributed by atoms with Crippen LogP contribution >= 0.6 is 0 Å². The first-order chi connectivity index (χ1) is 8.31. The van der Waals surface area contributed by atoms with Crippen LogP contribution in [0.4, 0.5) is 0 Å². The first-order valence-electron chi connectivity index (χ1n) is 7.15. The van der Waals surface area contributed by atoms with Gasteiger partial charge in [-0.2, -0.15) is 0 Å². The smallest absolute Gasteiger partial charge is 0.323 e. The summed E-state index contributed by atoms with van der Waals surface area (Å²) in [6, 6.07) is 0.490. The molecule has 0 aromatic rings. The molecule has 2 aliphatic rings. The van der Waals surface area contributed by atoms with E-state index >= 15 is 0 Å². The molecule has 0 heterocycles. The average Bonchev–Trinajstić information content (AvgIpc) is 3.11. The predicted octanol–water partition coefficient (Wildman–Crippen LogP) is 2.64. The highest BCUT2D eigenvalue weighted by Crippen LogP contribution is 2.34. The number of hydrogen-bond acceptors (Lipinski definition) is 3. The summed E-state index contributed by atoms with van der Waals surface area (Å²) in [5.74, 6) is 0.474. The molecular weight excluding hydrogens is 214 g/mol. The van der Waals surface area contributed by atoms with Gasteiger partial charge in [-0.25, -0.2) is 0 Å². The van der Waals surface area contributed by atoms with E-state index in [-0.39, 0.29) is 12.0 Å². The van der Waals surface area contributed by atoms with Crippen LogP contribution in [0.5, 0.6) is 0 Å². The van der Waals surface area contributed by atoms with Crippen LogP contribution in [0.25, 0.3) is 0 Å². The minimum Gasteiger partial charge on any atom is -0.468 e. The van der Waals surface area contributed by atoms with Gasteiger partial charge in [0.25, 0.3) is 0 Å². The fourth-order valence-corrected chi connectivity index (χ4v) is 2.83. The van der Waals surface area contributed by atoms with Gasteiger partial charge in [0.2, 0.25) is 0 Å². The van der Waals surface area contributed by atoms with Gasteiger partial charge in [-0.1, -0.05) is 32.1 Å². The van der Waals surface area contributed by atoms with Crippen molar-refractivity contribution in [2.45, 2.75) is 69.9 Å². The molecular formula is C14H25NO2. The van der Waals surface area contributed by atoms with Crippen molar-refractivity contribution >= 4 is 5.97 Å². The van der Waals surface area contributed by atoms with Crippen molar-refractivity contribution in [3.05, 3.63) is 0 Å². The van der Waals surface area contributed by atoms with Crippen molar-refractivity contribution in [2.24, 2.45) is 5.92 Å². The van der Waals surface area contributed by atoms with E-state index in [0.29, 0.717) is 12.0 Å². The lowest BCUT2D eigenvalue weighted by Crippen LogP contribution is -2.45. The van der Waals surface area contributed by atoms with E-state index in [1.54, 1.807) is 0 Å². The normalized spacial score (nSPS) is 24.8. The molecule has 1 unspecified atom stereocenters. The summed E-state index contributed by atoms with van der Waals surface area (Å²) in [4.78, 5) is 11.7. The molecule has 0 aromatic carbocycles. The molecule has 2 aliphatic carbocycles. The Hall–Kier alpha value is -0.570. The van der Waals surface area contributed by atoms with Gasteiger partial charge in [-0.15, -0.1) is 0 Å². The number of esters is 1. The topological polar surface area (TPSA) is 38.3 Å². The number of ether oxygens (including phenoxy) is 1. The average molecular weight is 239 g/mol. The van der Waals surface area contributed by atoms with Gasteiger partial charge < -0.3 is 10.1 Å². The van der Waals surface area contributed by atoms with Crippen molar-refractivity contribution in [1.29, 1.82) is 0 Å². The number of rotatable bonds is 4. The molecule has 0 aromatic heterocycles. The van der Waals surface area contributed by atoms with Crippen LogP contribution in [-0.4, -0.2) is 25.2 Å². The molecule has 2 fully saturated rings. The first kappa shape index (κ1) is 12.9. The Balaban J connectivity index is 1.84. The van der Waals surface area contributed by atoms with Gasteiger partial charge >= 0.3 is 5.97 Å². The molecule has 3 heteroatoms. The molecule has 17 heavy (non-hydrogen) atoms. The standard InChI is InChI=1S/C14H25NO2/c1-17-14(16)13(11-9-10-11)15-12-7-5-3-2-4-6-8-12/h11-13,15H,2-10H2,1H3. The minimum absolute atomic E-state index is 0.0376. The van der Waals surface area contributed by atoms with Gasteiger partial charge in [0.1, 0.15) is 6.04 Å². The first-order valence-corrected chi connectivity index (χ1v) is 7.15. The summed E-state index contributed by atoms with van der Waals surface area (Å²) < 4.78 is 4.91. The number of nitrogens with one attached hydrogen (secondary N) is 1. The quantitative estimate of drug-likeness (QED) is 0.766. The van der Waals surface area contributed by atoms with E-state index in [4.69, 9.17) is 4.74 Å². The maximum atomic E-state index is 11.7. The lowest BCUT2D eigenvalue weighted by molar-refractivity contribution is -0.144. The van der Waals surface area contributed by atoms with E-state index in [0.717, 1.165) is 0 Å². The second-order valence-electron chi connectivity index (χ2n) is 5.55. The largest absolute Gasteiger partial charge is 0.468 e. The van der Waals surface area contributed by atoms with Crippen molar-refractivity contribution in [3.8, 4) is 0 Å². The fourth-order valence-electron chi connectivity index (χ4n) is 2.83. The summed E-state index contributed by atoms with van der Waals surface area (Å²) in [5.41, 5.74) is 0. The molecule has 0 aliphatic heterocycles. The monoisotopic (exact) mass is 239 g/mol. The second kappa shape index (κ2) is 6.39. The maximum absolute atomic E-state index is 11.7. The van der Waals surface area contributed by atoms with Crippen molar-refractivity contribution in [2.75, 3.05) is 7.11 Å².